The number of hydrogen-bond acceptors (Lipinski definition) is 4. The fourth-order valence-corrected chi connectivity index (χ4v) is 3.18. The average Bonchev–Trinajstić information content (AvgIpc) is 3.14. The summed E-state index contributed by atoms with van der Waals surface area (Å²) in [6.07, 6.45) is 1.62. The van der Waals surface area contributed by atoms with Gasteiger partial charge in [-0.05, 0) is 41.3 Å². The molecular formula is C19H15BrN2O2S. The SMILES string of the molecule is O=C(N/N=C\c1cccs1)c1ccccc1OCc1cccc(Br)c1. The van der Waals surface area contributed by atoms with Crippen molar-refractivity contribution in [3.8, 4) is 5.75 Å². The number of benzene rings is 2. The van der Waals surface area contributed by atoms with Gasteiger partial charge < -0.3 is 4.74 Å². The fourth-order valence-electron chi connectivity index (χ4n) is 2.15. The molecule has 1 heterocycles. The maximum atomic E-state index is 12.4. The number of hydrazone groups is 1. The summed E-state index contributed by atoms with van der Waals surface area (Å²) in [4.78, 5) is 13.3. The molecule has 1 N–H and O–H groups in total. The van der Waals surface area contributed by atoms with Crippen LogP contribution in [-0.2, 0) is 6.61 Å². The zero-order chi connectivity index (χ0) is 17.5. The largest absolute Gasteiger partial charge is 0.488 e. The van der Waals surface area contributed by atoms with Gasteiger partial charge in [0.15, 0.2) is 0 Å². The molecule has 1 aromatic heterocycles. The zero-order valence-corrected chi connectivity index (χ0v) is 15.6. The molecule has 3 rings (SSSR count). The fraction of sp³-hybridized carbons (Fsp3) is 0.0526. The maximum Gasteiger partial charge on any atom is 0.275 e. The summed E-state index contributed by atoms with van der Waals surface area (Å²) in [6.45, 7) is 0.377. The van der Waals surface area contributed by atoms with E-state index in [9.17, 15) is 4.79 Å². The van der Waals surface area contributed by atoms with Gasteiger partial charge in [-0.15, -0.1) is 11.3 Å². The van der Waals surface area contributed by atoms with E-state index in [0.717, 1.165) is 14.9 Å². The molecule has 0 aliphatic carbocycles. The molecule has 0 atom stereocenters. The summed E-state index contributed by atoms with van der Waals surface area (Å²) < 4.78 is 6.81. The highest BCUT2D eigenvalue weighted by Crippen LogP contribution is 2.20. The summed E-state index contributed by atoms with van der Waals surface area (Å²) >= 11 is 4.99. The van der Waals surface area contributed by atoms with Crippen molar-refractivity contribution in [2.24, 2.45) is 5.10 Å². The molecule has 25 heavy (non-hydrogen) atoms. The first-order valence-corrected chi connectivity index (χ1v) is 9.23. The maximum absolute atomic E-state index is 12.4. The summed E-state index contributed by atoms with van der Waals surface area (Å²) in [5, 5.41) is 5.94. The Labute approximate surface area is 158 Å². The molecule has 0 saturated heterocycles. The molecule has 0 aliphatic heterocycles. The normalized spacial score (nSPS) is 10.8. The molecule has 1 amide bonds. The van der Waals surface area contributed by atoms with Gasteiger partial charge >= 0.3 is 0 Å². The second-order valence-electron chi connectivity index (χ2n) is 5.13. The van der Waals surface area contributed by atoms with Crippen molar-refractivity contribution in [2.45, 2.75) is 6.61 Å². The Balaban J connectivity index is 1.66. The molecule has 0 fully saturated rings. The number of thiophene rings is 1. The van der Waals surface area contributed by atoms with E-state index < -0.39 is 0 Å². The van der Waals surface area contributed by atoms with Crippen LogP contribution in [0.3, 0.4) is 0 Å². The van der Waals surface area contributed by atoms with Crippen molar-refractivity contribution < 1.29 is 9.53 Å². The second kappa shape index (κ2) is 8.60. The zero-order valence-electron chi connectivity index (χ0n) is 13.2. The average molecular weight is 415 g/mol. The number of halogens is 1. The molecular weight excluding hydrogens is 400 g/mol. The van der Waals surface area contributed by atoms with E-state index in [0.29, 0.717) is 17.9 Å². The van der Waals surface area contributed by atoms with Crippen LogP contribution in [0.4, 0.5) is 0 Å². The van der Waals surface area contributed by atoms with Crippen molar-refractivity contribution in [2.75, 3.05) is 0 Å². The van der Waals surface area contributed by atoms with E-state index in [1.807, 2.05) is 47.8 Å². The summed E-state index contributed by atoms with van der Waals surface area (Å²) in [5.41, 5.74) is 3.99. The summed E-state index contributed by atoms with van der Waals surface area (Å²) in [6, 6.07) is 18.8. The number of nitrogens with zero attached hydrogens (tertiary/aromatic N) is 1. The van der Waals surface area contributed by atoms with Gasteiger partial charge in [0.25, 0.3) is 5.91 Å². The number of carbonyl (C=O) groups is 1. The Morgan fingerprint density at radius 3 is 2.84 bits per heavy atom. The van der Waals surface area contributed by atoms with Crippen molar-refractivity contribution in [1.82, 2.24) is 5.43 Å². The Morgan fingerprint density at radius 1 is 1.16 bits per heavy atom. The predicted molar refractivity (Wildman–Crippen MR) is 104 cm³/mol. The number of nitrogens with one attached hydrogen (secondary N) is 1. The van der Waals surface area contributed by atoms with Gasteiger partial charge in [0.1, 0.15) is 12.4 Å². The topological polar surface area (TPSA) is 50.7 Å². The van der Waals surface area contributed by atoms with Crippen molar-refractivity contribution in [3.05, 3.63) is 86.5 Å². The third-order valence-corrected chi connectivity index (χ3v) is 4.62. The van der Waals surface area contributed by atoms with E-state index >= 15 is 0 Å². The number of amides is 1. The minimum atomic E-state index is -0.308. The number of rotatable bonds is 6. The van der Waals surface area contributed by atoms with Crippen LogP contribution < -0.4 is 10.2 Å². The Bertz CT molecular complexity index is 879. The highest BCUT2D eigenvalue weighted by atomic mass is 79.9. The molecule has 0 aliphatic rings. The van der Waals surface area contributed by atoms with Crippen LogP contribution >= 0.6 is 27.3 Å². The lowest BCUT2D eigenvalue weighted by molar-refractivity contribution is 0.0950. The van der Waals surface area contributed by atoms with E-state index in [2.05, 4.69) is 26.5 Å². The molecule has 0 spiro atoms. The molecule has 126 valence electrons. The Kier molecular flexibility index (Phi) is 5.98. The molecule has 0 unspecified atom stereocenters. The van der Waals surface area contributed by atoms with Gasteiger partial charge in [0.05, 0.1) is 11.8 Å². The van der Waals surface area contributed by atoms with Crippen LogP contribution in [-0.4, -0.2) is 12.1 Å². The lowest BCUT2D eigenvalue weighted by atomic mass is 10.2. The first-order chi connectivity index (χ1) is 12.2. The van der Waals surface area contributed by atoms with E-state index in [4.69, 9.17) is 4.74 Å². The number of hydrogen-bond donors (Lipinski definition) is 1. The third-order valence-electron chi connectivity index (χ3n) is 3.32. The molecule has 6 heteroatoms. The van der Waals surface area contributed by atoms with Crippen molar-refractivity contribution in [3.63, 3.8) is 0 Å². The summed E-state index contributed by atoms with van der Waals surface area (Å²) in [5.74, 6) is 0.212. The number of carbonyl (C=O) groups excluding carboxylic acids is 1. The Hall–Kier alpha value is -2.44. The molecule has 2 aromatic carbocycles. The second-order valence-corrected chi connectivity index (χ2v) is 7.02. The third kappa shape index (κ3) is 5.01. The monoisotopic (exact) mass is 414 g/mol. The lowest BCUT2D eigenvalue weighted by Crippen LogP contribution is -2.18. The van der Waals surface area contributed by atoms with Crippen molar-refractivity contribution >= 4 is 39.4 Å². The molecule has 0 radical (unpaired) electrons. The number of para-hydroxylation sites is 1. The standard InChI is InChI=1S/C19H15BrN2O2S/c20-15-6-3-5-14(11-15)13-24-18-9-2-1-8-17(18)19(23)22-21-12-16-7-4-10-25-16/h1-12H,13H2,(H,22,23)/b21-12-. The van der Waals surface area contributed by atoms with Gasteiger partial charge in [0.2, 0.25) is 0 Å². The quantitative estimate of drug-likeness (QED) is 0.462. The van der Waals surface area contributed by atoms with Crippen LogP contribution in [0.5, 0.6) is 5.75 Å². The predicted octanol–water partition coefficient (Wildman–Crippen LogP) is 4.85. The van der Waals surface area contributed by atoms with Gasteiger partial charge in [0, 0.05) is 9.35 Å². The van der Waals surface area contributed by atoms with E-state index in [1.54, 1.807) is 35.8 Å². The van der Waals surface area contributed by atoms with Gasteiger partial charge in [-0.2, -0.15) is 5.10 Å². The van der Waals surface area contributed by atoms with Crippen LogP contribution in [0.2, 0.25) is 0 Å². The van der Waals surface area contributed by atoms with Crippen LogP contribution in [0.1, 0.15) is 20.8 Å². The Morgan fingerprint density at radius 2 is 2.04 bits per heavy atom. The smallest absolute Gasteiger partial charge is 0.275 e. The highest BCUT2D eigenvalue weighted by molar-refractivity contribution is 9.10. The highest BCUT2D eigenvalue weighted by Gasteiger charge is 2.11. The van der Waals surface area contributed by atoms with Gasteiger partial charge in [-0.3, -0.25) is 4.79 Å². The van der Waals surface area contributed by atoms with Crippen LogP contribution in [0, 0.1) is 0 Å². The lowest BCUT2D eigenvalue weighted by Gasteiger charge is -2.10. The van der Waals surface area contributed by atoms with E-state index in [1.165, 1.54) is 0 Å². The molecule has 0 bridgehead atoms. The molecule has 0 saturated carbocycles. The first-order valence-electron chi connectivity index (χ1n) is 7.55. The van der Waals surface area contributed by atoms with Gasteiger partial charge in [-0.25, -0.2) is 5.43 Å². The molecule has 3 aromatic rings. The minimum Gasteiger partial charge on any atom is -0.488 e. The summed E-state index contributed by atoms with van der Waals surface area (Å²) in [7, 11) is 0. The van der Waals surface area contributed by atoms with E-state index in [-0.39, 0.29) is 5.91 Å². The van der Waals surface area contributed by atoms with Crippen LogP contribution in [0.15, 0.2) is 75.6 Å². The minimum absolute atomic E-state index is 0.308. The number of ether oxygens (including phenoxy) is 1. The van der Waals surface area contributed by atoms with Gasteiger partial charge in [-0.1, -0.05) is 46.3 Å². The first kappa shape index (κ1) is 17.4. The van der Waals surface area contributed by atoms with Crippen LogP contribution in [0.25, 0.3) is 0 Å². The van der Waals surface area contributed by atoms with Crippen molar-refractivity contribution in [1.29, 1.82) is 0 Å². The molecule has 4 nitrogen and oxygen atoms in total.